The van der Waals surface area contributed by atoms with Gasteiger partial charge in [-0.25, -0.2) is 4.39 Å². The molecule has 2 nitrogen and oxygen atoms in total. The lowest BCUT2D eigenvalue weighted by Crippen LogP contribution is -2.21. The smallest absolute Gasteiger partial charge is 0.126 e. The third-order valence-electron chi connectivity index (χ3n) is 4.02. The molecule has 2 aromatic carbocycles. The Bertz CT molecular complexity index is 626. The van der Waals surface area contributed by atoms with Gasteiger partial charge in [-0.05, 0) is 48.7 Å². The van der Waals surface area contributed by atoms with Gasteiger partial charge in [-0.3, -0.25) is 0 Å². The lowest BCUT2D eigenvalue weighted by atomic mass is 10.0. The molecular weight excluding hydrogens is 265 g/mol. The zero-order valence-electron chi connectivity index (χ0n) is 12.2. The largest absolute Gasteiger partial charge is 0.493 e. The minimum absolute atomic E-state index is 0.123. The molecule has 1 aliphatic heterocycles. The Balaban J connectivity index is 1.57. The van der Waals surface area contributed by atoms with Crippen LogP contribution < -0.4 is 10.1 Å². The molecule has 0 bridgehead atoms. The van der Waals surface area contributed by atoms with Gasteiger partial charge in [0.05, 0.1) is 6.61 Å². The van der Waals surface area contributed by atoms with Crippen LogP contribution in [-0.4, -0.2) is 13.2 Å². The number of rotatable bonds is 5. The van der Waals surface area contributed by atoms with Crippen molar-refractivity contribution in [3.63, 3.8) is 0 Å². The lowest BCUT2D eigenvalue weighted by Gasteiger charge is -2.15. The Kier molecular flexibility index (Phi) is 4.20. The first-order valence-electron chi connectivity index (χ1n) is 7.46. The molecule has 0 saturated carbocycles. The summed E-state index contributed by atoms with van der Waals surface area (Å²) in [5.74, 6) is 0.888. The molecule has 1 N–H and O–H groups in total. The second-order valence-electron chi connectivity index (χ2n) is 5.48. The number of ether oxygens (including phenoxy) is 1. The van der Waals surface area contributed by atoms with Crippen molar-refractivity contribution in [1.82, 2.24) is 5.32 Å². The number of halogens is 1. The average Bonchev–Trinajstić information content (AvgIpc) is 2.96. The van der Waals surface area contributed by atoms with E-state index in [4.69, 9.17) is 4.74 Å². The van der Waals surface area contributed by atoms with Gasteiger partial charge in [-0.15, -0.1) is 0 Å². The van der Waals surface area contributed by atoms with E-state index in [9.17, 15) is 4.39 Å². The van der Waals surface area contributed by atoms with Gasteiger partial charge in [0.25, 0.3) is 0 Å². The Morgan fingerprint density at radius 1 is 1.24 bits per heavy atom. The third kappa shape index (κ3) is 3.24. The quantitative estimate of drug-likeness (QED) is 0.905. The molecule has 1 heterocycles. The molecule has 3 heteroatoms. The summed E-state index contributed by atoms with van der Waals surface area (Å²) in [6, 6.07) is 13.6. The zero-order valence-corrected chi connectivity index (χ0v) is 12.2. The highest BCUT2D eigenvalue weighted by atomic mass is 19.1. The van der Waals surface area contributed by atoms with Gasteiger partial charge < -0.3 is 10.1 Å². The van der Waals surface area contributed by atoms with Gasteiger partial charge in [-0.2, -0.15) is 0 Å². The van der Waals surface area contributed by atoms with Crippen molar-refractivity contribution in [3.05, 3.63) is 65.0 Å². The van der Waals surface area contributed by atoms with Crippen molar-refractivity contribution in [3.8, 4) is 5.75 Å². The standard InChI is InChI=1S/C18H20FNO/c1-13(15-6-7-18-16(12-15)9-11-21-18)20-10-8-14-4-2-3-5-17(14)19/h2-7,12-13,20H,8-11H2,1H3. The minimum Gasteiger partial charge on any atom is -0.493 e. The van der Waals surface area contributed by atoms with Crippen LogP contribution in [0.3, 0.4) is 0 Å². The highest BCUT2D eigenvalue weighted by Gasteiger charge is 2.14. The van der Waals surface area contributed by atoms with Gasteiger partial charge in [-0.1, -0.05) is 30.3 Å². The van der Waals surface area contributed by atoms with Crippen LogP contribution in [0.2, 0.25) is 0 Å². The summed E-state index contributed by atoms with van der Waals surface area (Å²) in [5, 5.41) is 3.46. The third-order valence-corrected chi connectivity index (χ3v) is 4.02. The van der Waals surface area contributed by atoms with E-state index >= 15 is 0 Å². The Hall–Kier alpha value is -1.87. The average molecular weight is 285 g/mol. The summed E-state index contributed by atoms with van der Waals surface area (Å²) in [5.41, 5.74) is 3.31. The highest BCUT2D eigenvalue weighted by molar-refractivity contribution is 5.40. The van der Waals surface area contributed by atoms with Crippen molar-refractivity contribution < 1.29 is 9.13 Å². The van der Waals surface area contributed by atoms with Crippen molar-refractivity contribution in [2.75, 3.05) is 13.2 Å². The summed E-state index contributed by atoms with van der Waals surface area (Å²) < 4.78 is 19.1. The van der Waals surface area contributed by atoms with Crippen molar-refractivity contribution in [1.29, 1.82) is 0 Å². The molecule has 1 aliphatic rings. The fraction of sp³-hybridized carbons (Fsp3) is 0.333. The van der Waals surface area contributed by atoms with Gasteiger partial charge >= 0.3 is 0 Å². The van der Waals surface area contributed by atoms with Crippen LogP contribution in [0.4, 0.5) is 4.39 Å². The van der Waals surface area contributed by atoms with Crippen LogP contribution in [0.25, 0.3) is 0 Å². The van der Waals surface area contributed by atoms with E-state index in [1.54, 1.807) is 6.07 Å². The SMILES string of the molecule is CC(NCCc1ccccc1F)c1ccc2c(c1)CCO2. The summed E-state index contributed by atoms with van der Waals surface area (Å²) in [7, 11) is 0. The van der Waals surface area contributed by atoms with Crippen molar-refractivity contribution >= 4 is 0 Å². The van der Waals surface area contributed by atoms with Gasteiger partial charge in [0.2, 0.25) is 0 Å². The maximum Gasteiger partial charge on any atom is 0.126 e. The Morgan fingerprint density at radius 3 is 2.95 bits per heavy atom. The number of benzene rings is 2. The fourth-order valence-corrected chi connectivity index (χ4v) is 2.72. The maximum absolute atomic E-state index is 13.5. The van der Waals surface area contributed by atoms with E-state index < -0.39 is 0 Å². The number of hydrogen-bond donors (Lipinski definition) is 1. The molecule has 1 unspecified atom stereocenters. The van der Waals surface area contributed by atoms with Crippen LogP contribution in [0.5, 0.6) is 5.75 Å². The van der Waals surface area contributed by atoms with Crippen molar-refractivity contribution in [2.45, 2.75) is 25.8 Å². The molecule has 2 aromatic rings. The molecule has 0 aliphatic carbocycles. The molecule has 0 fully saturated rings. The summed E-state index contributed by atoms with van der Waals surface area (Å²) in [6.07, 6.45) is 1.69. The number of hydrogen-bond acceptors (Lipinski definition) is 2. The topological polar surface area (TPSA) is 21.3 Å². The molecule has 3 rings (SSSR count). The Morgan fingerprint density at radius 2 is 2.10 bits per heavy atom. The molecule has 0 amide bonds. The number of nitrogens with one attached hydrogen (secondary N) is 1. The van der Waals surface area contributed by atoms with Crippen LogP contribution in [-0.2, 0) is 12.8 Å². The lowest BCUT2D eigenvalue weighted by molar-refractivity contribution is 0.356. The van der Waals surface area contributed by atoms with Crippen LogP contribution >= 0.6 is 0 Å². The van der Waals surface area contributed by atoms with E-state index in [1.165, 1.54) is 17.2 Å². The van der Waals surface area contributed by atoms with Crippen LogP contribution in [0, 0.1) is 5.82 Å². The molecule has 0 aromatic heterocycles. The normalized spacial score (nSPS) is 14.6. The van der Waals surface area contributed by atoms with E-state index in [0.29, 0.717) is 6.42 Å². The highest BCUT2D eigenvalue weighted by Crippen LogP contribution is 2.28. The first-order chi connectivity index (χ1) is 10.2. The summed E-state index contributed by atoms with van der Waals surface area (Å²) in [6.45, 7) is 3.68. The van der Waals surface area contributed by atoms with Gasteiger partial charge in [0.15, 0.2) is 0 Å². The monoisotopic (exact) mass is 285 g/mol. The number of fused-ring (bicyclic) bond motifs is 1. The molecular formula is C18H20FNO. The second kappa shape index (κ2) is 6.27. The minimum atomic E-state index is -0.123. The first kappa shape index (κ1) is 14.1. The summed E-state index contributed by atoms with van der Waals surface area (Å²) >= 11 is 0. The molecule has 0 saturated heterocycles. The second-order valence-corrected chi connectivity index (χ2v) is 5.48. The molecule has 0 spiro atoms. The van der Waals surface area contributed by atoms with Crippen molar-refractivity contribution in [2.24, 2.45) is 0 Å². The summed E-state index contributed by atoms with van der Waals surface area (Å²) in [4.78, 5) is 0. The van der Waals surface area contributed by atoms with Gasteiger partial charge in [0.1, 0.15) is 11.6 Å². The molecule has 1 atom stereocenters. The van der Waals surface area contributed by atoms with E-state index in [1.807, 2.05) is 18.2 Å². The zero-order chi connectivity index (χ0) is 14.7. The molecule has 21 heavy (non-hydrogen) atoms. The van der Waals surface area contributed by atoms with Crippen LogP contribution in [0.1, 0.15) is 29.7 Å². The predicted octanol–water partition coefficient (Wildman–Crippen LogP) is 3.65. The predicted molar refractivity (Wildman–Crippen MR) is 82.2 cm³/mol. The fourth-order valence-electron chi connectivity index (χ4n) is 2.72. The van der Waals surface area contributed by atoms with E-state index in [-0.39, 0.29) is 11.9 Å². The first-order valence-corrected chi connectivity index (χ1v) is 7.46. The van der Waals surface area contributed by atoms with Gasteiger partial charge in [0, 0.05) is 12.5 Å². The van der Waals surface area contributed by atoms with E-state index in [2.05, 4.69) is 24.4 Å². The maximum atomic E-state index is 13.5. The van der Waals surface area contributed by atoms with E-state index in [0.717, 1.165) is 30.9 Å². The molecule has 0 radical (unpaired) electrons. The Labute approximate surface area is 125 Å². The molecule has 110 valence electrons. The van der Waals surface area contributed by atoms with Crippen LogP contribution in [0.15, 0.2) is 42.5 Å².